The van der Waals surface area contributed by atoms with Crippen LogP contribution in [-0.2, 0) is 12.8 Å². The van der Waals surface area contributed by atoms with Crippen molar-refractivity contribution in [2.75, 3.05) is 0 Å². The summed E-state index contributed by atoms with van der Waals surface area (Å²) in [4.78, 5) is 0. The van der Waals surface area contributed by atoms with Crippen molar-refractivity contribution in [1.29, 1.82) is 0 Å². The molecule has 0 spiro atoms. The SMILES string of the molecule is Oc1ccc2c3c(oc2c1)-c1cc(O)c(O)cc1CC3. The molecule has 100 valence electrons. The van der Waals surface area contributed by atoms with Crippen LogP contribution < -0.4 is 0 Å². The zero-order valence-electron chi connectivity index (χ0n) is 10.6. The van der Waals surface area contributed by atoms with E-state index >= 15 is 0 Å². The zero-order chi connectivity index (χ0) is 13.9. The van der Waals surface area contributed by atoms with Crippen LogP contribution in [0.1, 0.15) is 11.1 Å². The smallest absolute Gasteiger partial charge is 0.158 e. The van der Waals surface area contributed by atoms with E-state index in [0.717, 1.165) is 34.9 Å². The highest BCUT2D eigenvalue weighted by Crippen LogP contribution is 2.43. The second-order valence-corrected chi connectivity index (χ2v) is 5.09. The molecule has 2 aromatic carbocycles. The molecule has 1 aliphatic rings. The number of fused-ring (bicyclic) bond motifs is 5. The van der Waals surface area contributed by atoms with Crippen molar-refractivity contribution in [2.45, 2.75) is 12.8 Å². The molecule has 4 nitrogen and oxygen atoms in total. The van der Waals surface area contributed by atoms with Crippen LogP contribution >= 0.6 is 0 Å². The molecule has 0 bridgehead atoms. The van der Waals surface area contributed by atoms with Crippen molar-refractivity contribution in [3.05, 3.63) is 41.5 Å². The Kier molecular flexibility index (Phi) is 2.07. The minimum Gasteiger partial charge on any atom is -0.508 e. The lowest BCUT2D eigenvalue weighted by Gasteiger charge is -2.16. The molecule has 0 radical (unpaired) electrons. The van der Waals surface area contributed by atoms with Gasteiger partial charge in [-0.15, -0.1) is 0 Å². The van der Waals surface area contributed by atoms with Crippen molar-refractivity contribution < 1.29 is 19.7 Å². The third-order valence-corrected chi connectivity index (χ3v) is 3.87. The first-order chi connectivity index (χ1) is 9.63. The molecule has 0 saturated carbocycles. The van der Waals surface area contributed by atoms with Gasteiger partial charge in [-0.05, 0) is 42.7 Å². The Labute approximate surface area is 114 Å². The highest BCUT2D eigenvalue weighted by Gasteiger charge is 2.24. The monoisotopic (exact) mass is 268 g/mol. The van der Waals surface area contributed by atoms with E-state index in [9.17, 15) is 15.3 Å². The van der Waals surface area contributed by atoms with Crippen LogP contribution in [0.3, 0.4) is 0 Å². The predicted octanol–water partition coefficient (Wildman–Crippen LogP) is 3.32. The van der Waals surface area contributed by atoms with Gasteiger partial charge in [-0.1, -0.05) is 0 Å². The first-order valence-electron chi connectivity index (χ1n) is 6.43. The average molecular weight is 268 g/mol. The molecule has 1 heterocycles. The van der Waals surface area contributed by atoms with E-state index in [1.165, 1.54) is 6.07 Å². The van der Waals surface area contributed by atoms with E-state index in [-0.39, 0.29) is 17.2 Å². The first-order valence-corrected chi connectivity index (χ1v) is 6.43. The maximum Gasteiger partial charge on any atom is 0.158 e. The van der Waals surface area contributed by atoms with Crippen LogP contribution in [0.5, 0.6) is 17.2 Å². The summed E-state index contributed by atoms with van der Waals surface area (Å²) in [5, 5.41) is 29.8. The van der Waals surface area contributed by atoms with E-state index in [1.807, 2.05) is 6.07 Å². The minimum absolute atomic E-state index is 0.110. The molecule has 3 N–H and O–H groups in total. The van der Waals surface area contributed by atoms with Gasteiger partial charge in [0.05, 0.1) is 0 Å². The Balaban J connectivity index is 2.04. The van der Waals surface area contributed by atoms with Crippen molar-refractivity contribution in [3.8, 4) is 28.6 Å². The van der Waals surface area contributed by atoms with E-state index < -0.39 is 0 Å². The fraction of sp³-hybridized carbons (Fsp3) is 0.125. The molecule has 1 aliphatic carbocycles. The second kappa shape index (κ2) is 3.70. The zero-order valence-corrected chi connectivity index (χ0v) is 10.6. The normalized spacial score (nSPS) is 13.2. The molecule has 0 saturated heterocycles. The largest absolute Gasteiger partial charge is 0.508 e. The summed E-state index contributed by atoms with van der Waals surface area (Å²) in [7, 11) is 0. The van der Waals surface area contributed by atoms with Gasteiger partial charge in [-0.25, -0.2) is 0 Å². The van der Waals surface area contributed by atoms with Crippen LogP contribution in [0.2, 0.25) is 0 Å². The summed E-state index contributed by atoms with van der Waals surface area (Å²) in [5.74, 6) is 0.611. The van der Waals surface area contributed by atoms with Gasteiger partial charge in [0.1, 0.15) is 17.1 Å². The van der Waals surface area contributed by atoms with Crippen molar-refractivity contribution in [1.82, 2.24) is 0 Å². The molecule has 0 unspecified atom stereocenters. The molecule has 0 atom stereocenters. The number of hydrogen-bond donors (Lipinski definition) is 3. The van der Waals surface area contributed by atoms with Gasteiger partial charge in [0.15, 0.2) is 11.5 Å². The summed E-state index contributed by atoms with van der Waals surface area (Å²) in [6, 6.07) is 8.19. The molecule has 4 rings (SSSR count). The minimum atomic E-state index is -0.153. The van der Waals surface area contributed by atoms with Crippen molar-refractivity contribution >= 4 is 11.0 Å². The maximum atomic E-state index is 9.69. The van der Waals surface area contributed by atoms with E-state index in [4.69, 9.17) is 4.42 Å². The standard InChI is InChI=1S/C16H12O4/c17-9-2-4-10-11-3-1-8-5-13(18)14(19)7-12(8)16(11)20-15(10)6-9/h2,4-7,17-19H,1,3H2. The quantitative estimate of drug-likeness (QED) is 0.547. The molecule has 0 amide bonds. The van der Waals surface area contributed by atoms with Crippen molar-refractivity contribution in [2.24, 2.45) is 0 Å². The van der Waals surface area contributed by atoms with Gasteiger partial charge in [0.25, 0.3) is 0 Å². The van der Waals surface area contributed by atoms with E-state index in [1.54, 1.807) is 18.2 Å². The molecular formula is C16H12O4. The topological polar surface area (TPSA) is 73.8 Å². The second-order valence-electron chi connectivity index (χ2n) is 5.09. The first kappa shape index (κ1) is 11.2. The Morgan fingerprint density at radius 1 is 0.900 bits per heavy atom. The van der Waals surface area contributed by atoms with Crippen LogP contribution in [0, 0.1) is 0 Å². The van der Waals surface area contributed by atoms with E-state index in [0.29, 0.717) is 11.3 Å². The number of phenols is 3. The summed E-state index contributed by atoms with van der Waals surface area (Å²) >= 11 is 0. The number of benzene rings is 2. The number of phenolic OH excluding ortho intramolecular Hbond substituents is 3. The third kappa shape index (κ3) is 1.42. The van der Waals surface area contributed by atoms with Gasteiger partial charge < -0.3 is 19.7 Å². The van der Waals surface area contributed by atoms with Crippen LogP contribution in [0.25, 0.3) is 22.3 Å². The van der Waals surface area contributed by atoms with Gasteiger partial charge >= 0.3 is 0 Å². The summed E-state index contributed by atoms with van der Waals surface area (Å²) in [5.41, 5.74) is 3.47. The number of furan rings is 1. The highest BCUT2D eigenvalue weighted by atomic mass is 16.3. The molecule has 1 aromatic heterocycles. The Hall–Kier alpha value is -2.62. The van der Waals surface area contributed by atoms with Gasteiger partial charge in [0.2, 0.25) is 0 Å². The van der Waals surface area contributed by atoms with Gasteiger partial charge in [-0.3, -0.25) is 0 Å². The average Bonchev–Trinajstić information content (AvgIpc) is 2.78. The Morgan fingerprint density at radius 3 is 2.55 bits per heavy atom. The molecule has 0 aliphatic heterocycles. The molecular weight excluding hydrogens is 256 g/mol. The fourth-order valence-electron chi connectivity index (χ4n) is 2.90. The Bertz CT molecular complexity index is 845. The summed E-state index contributed by atoms with van der Waals surface area (Å²) < 4.78 is 5.84. The highest BCUT2D eigenvalue weighted by molar-refractivity contribution is 5.90. The number of rotatable bonds is 0. The lowest BCUT2D eigenvalue weighted by Crippen LogP contribution is -2.01. The van der Waals surface area contributed by atoms with E-state index in [2.05, 4.69) is 0 Å². The molecule has 20 heavy (non-hydrogen) atoms. The predicted molar refractivity (Wildman–Crippen MR) is 74.1 cm³/mol. The fourth-order valence-corrected chi connectivity index (χ4v) is 2.90. The maximum absolute atomic E-state index is 9.69. The number of aromatic hydroxyl groups is 3. The third-order valence-electron chi connectivity index (χ3n) is 3.87. The molecule has 0 fully saturated rings. The summed E-state index contributed by atoms with van der Waals surface area (Å²) in [6.07, 6.45) is 1.59. The van der Waals surface area contributed by atoms with Gasteiger partial charge in [-0.2, -0.15) is 0 Å². The number of aryl methyl sites for hydroxylation is 2. The Morgan fingerprint density at radius 2 is 1.70 bits per heavy atom. The van der Waals surface area contributed by atoms with Crippen molar-refractivity contribution in [3.63, 3.8) is 0 Å². The van der Waals surface area contributed by atoms with Crippen LogP contribution in [0.15, 0.2) is 34.7 Å². The summed E-state index contributed by atoms with van der Waals surface area (Å²) in [6.45, 7) is 0. The lowest BCUT2D eigenvalue weighted by molar-refractivity contribution is 0.403. The molecule has 4 heteroatoms. The number of hydrogen-bond acceptors (Lipinski definition) is 4. The van der Waals surface area contributed by atoms with Crippen LogP contribution in [0.4, 0.5) is 0 Å². The lowest BCUT2D eigenvalue weighted by atomic mass is 9.89. The van der Waals surface area contributed by atoms with Gasteiger partial charge in [0, 0.05) is 22.6 Å². The van der Waals surface area contributed by atoms with Crippen LogP contribution in [-0.4, -0.2) is 15.3 Å². The molecule has 3 aromatic rings.